The van der Waals surface area contributed by atoms with E-state index in [2.05, 4.69) is 49.7 Å². The lowest BCUT2D eigenvalue weighted by Crippen LogP contribution is -1.94. The molecule has 0 radical (unpaired) electrons. The highest BCUT2D eigenvalue weighted by Crippen LogP contribution is 2.32. The molecule has 0 spiro atoms. The third kappa shape index (κ3) is 2.41. The highest BCUT2D eigenvalue weighted by Gasteiger charge is 2.11. The molecule has 3 heteroatoms. The van der Waals surface area contributed by atoms with E-state index in [1.807, 2.05) is 0 Å². The van der Waals surface area contributed by atoms with Crippen molar-refractivity contribution in [3.05, 3.63) is 23.8 Å². The Hall–Kier alpha value is -0.540. The van der Waals surface area contributed by atoms with Crippen LogP contribution in [0.3, 0.4) is 0 Å². The standard InChI is InChI=1S/C13H17NS2/c1-3-4-6-9(2)10-7-5-8-11-12(10)14-13(15)16-11/h5,7-9H,3-4,6H2,1-2H3,(H,14,15). The van der Waals surface area contributed by atoms with Gasteiger partial charge in [0.15, 0.2) is 0 Å². The van der Waals surface area contributed by atoms with Crippen molar-refractivity contribution in [2.45, 2.75) is 43.4 Å². The number of thiol groups is 1. The predicted octanol–water partition coefficient (Wildman–Crippen LogP) is 4.88. The summed E-state index contributed by atoms with van der Waals surface area (Å²) in [6, 6.07) is 6.46. The lowest BCUT2D eigenvalue weighted by molar-refractivity contribution is 0.627. The second-order valence-corrected chi connectivity index (χ2v) is 5.99. The Balaban J connectivity index is 2.35. The second kappa shape index (κ2) is 5.19. The minimum atomic E-state index is 0.596. The molecule has 2 aromatic rings. The number of aromatic nitrogens is 1. The maximum absolute atomic E-state index is 4.52. The van der Waals surface area contributed by atoms with Crippen LogP contribution in [-0.4, -0.2) is 4.98 Å². The fourth-order valence-electron chi connectivity index (χ4n) is 2.02. The van der Waals surface area contributed by atoms with Gasteiger partial charge in [0.1, 0.15) is 4.34 Å². The van der Waals surface area contributed by atoms with Gasteiger partial charge in [-0.25, -0.2) is 4.98 Å². The van der Waals surface area contributed by atoms with Gasteiger partial charge >= 0.3 is 0 Å². The van der Waals surface area contributed by atoms with Gasteiger partial charge in [-0.15, -0.1) is 24.0 Å². The van der Waals surface area contributed by atoms with E-state index in [0.717, 1.165) is 9.86 Å². The number of para-hydroxylation sites is 1. The van der Waals surface area contributed by atoms with Crippen molar-refractivity contribution < 1.29 is 0 Å². The summed E-state index contributed by atoms with van der Waals surface area (Å²) in [5.41, 5.74) is 2.53. The Labute approximate surface area is 106 Å². The van der Waals surface area contributed by atoms with Gasteiger partial charge in [-0.05, 0) is 24.0 Å². The topological polar surface area (TPSA) is 12.9 Å². The molecule has 1 atom stereocenters. The molecule has 0 fully saturated rings. The van der Waals surface area contributed by atoms with Crippen LogP contribution in [0.2, 0.25) is 0 Å². The second-order valence-electron chi connectivity index (χ2n) is 4.23. The quantitative estimate of drug-likeness (QED) is 0.764. The molecule has 0 aliphatic heterocycles. The Bertz CT molecular complexity index is 476. The van der Waals surface area contributed by atoms with Crippen LogP contribution in [0.15, 0.2) is 22.5 Å². The number of hydrogen-bond donors (Lipinski definition) is 1. The summed E-state index contributed by atoms with van der Waals surface area (Å²) in [7, 11) is 0. The summed E-state index contributed by atoms with van der Waals surface area (Å²) < 4.78 is 2.12. The fourth-order valence-corrected chi connectivity index (χ4v) is 3.16. The molecule has 0 saturated carbocycles. The van der Waals surface area contributed by atoms with Crippen LogP contribution in [0.4, 0.5) is 0 Å². The van der Waals surface area contributed by atoms with Crippen LogP contribution < -0.4 is 0 Å². The van der Waals surface area contributed by atoms with E-state index in [1.54, 1.807) is 11.3 Å². The highest BCUT2D eigenvalue weighted by atomic mass is 32.2. The number of thiazole rings is 1. The number of hydrogen-bond acceptors (Lipinski definition) is 3. The number of fused-ring (bicyclic) bond motifs is 1. The normalized spacial score (nSPS) is 13.2. The molecule has 1 aromatic carbocycles. The van der Waals surface area contributed by atoms with Gasteiger partial charge in [0.05, 0.1) is 10.2 Å². The molecule has 0 aliphatic rings. The molecule has 1 aromatic heterocycles. The maximum atomic E-state index is 4.52. The van der Waals surface area contributed by atoms with Crippen molar-refractivity contribution in [1.29, 1.82) is 0 Å². The number of rotatable bonds is 4. The third-order valence-electron chi connectivity index (χ3n) is 2.96. The first-order valence-corrected chi connectivity index (χ1v) is 7.07. The summed E-state index contributed by atoms with van der Waals surface area (Å²) in [5.74, 6) is 0.596. The molecule has 86 valence electrons. The lowest BCUT2D eigenvalue weighted by atomic mass is 9.95. The summed E-state index contributed by atoms with van der Waals surface area (Å²) in [6.45, 7) is 4.53. The van der Waals surface area contributed by atoms with Crippen molar-refractivity contribution in [2.24, 2.45) is 0 Å². The van der Waals surface area contributed by atoms with Gasteiger partial charge in [-0.3, -0.25) is 0 Å². The van der Waals surface area contributed by atoms with Crippen molar-refractivity contribution in [3.63, 3.8) is 0 Å². The molecular formula is C13H17NS2. The molecule has 16 heavy (non-hydrogen) atoms. The predicted molar refractivity (Wildman–Crippen MR) is 74.8 cm³/mol. The third-order valence-corrected chi connectivity index (χ3v) is 4.16. The van der Waals surface area contributed by atoms with Gasteiger partial charge in [0, 0.05) is 0 Å². The van der Waals surface area contributed by atoms with Crippen LogP contribution in [0.5, 0.6) is 0 Å². The van der Waals surface area contributed by atoms with Crippen molar-refractivity contribution in [3.8, 4) is 0 Å². The molecule has 1 heterocycles. The number of benzene rings is 1. The van der Waals surface area contributed by atoms with E-state index in [9.17, 15) is 0 Å². The van der Waals surface area contributed by atoms with Gasteiger partial charge in [0.2, 0.25) is 0 Å². The largest absolute Gasteiger partial charge is 0.230 e. The Morgan fingerprint density at radius 3 is 3.00 bits per heavy atom. The molecule has 0 aliphatic carbocycles. The average Bonchev–Trinajstić information content (AvgIpc) is 2.65. The van der Waals surface area contributed by atoms with Crippen LogP contribution in [-0.2, 0) is 0 Å². The monoisotopic (exact) mass is 251 g/mol. The molecular weight excluding hydrogens is 234 g/mol. The van der Waals surface area contributed by atoms with Crippen LogP contribution >= 0.6 is 24.0 Å². The molecule has 2 rings (SSSR count). The zero-order valence-corrected chi connectivity index (χ0v) is 11.4. The molecule has 1 nitrogen and oxygen atoms in total. The number of nitrogens with zero attached hydrogens (tertiary/aromatic N) is 1. The van der Waals surface area contributed by atoms with E-state index in [-0.39, 0.29) is 0 Å². The van der Waals surface area contributed by atoms with E-state index in [0.29, 0.717) is 5.92 Å². The molecule has 0 N–H and O–H groups in total. The zero-order valence-electron chi connectivity index (χ0n) is 9.73. The van der Waals surface area contributed by atoms with E-state index in [4.69, 9.17) is 0 Å². The molecule has 0 amide bonds. The number of unbranched alkanes of at least 4 members (excludes halogenated alkanes) is 1. The SMILES string of the molecule is CCCCC(C)c1cccc2sc(S)nc12. The first-order valence-electron chi connectivity index (χ1n) is 5.80. The van der Waals surface area contributed by atoms with Crippen LogP contribution in [0.1, 0.15) is 44.6 Å². The van der Waals surface area contributed by atoms with E-state index < -0.39 is 0 Å². The smallest absolute Gasteiger partial charge is 0.148 e. The first-order chi connectivity index (χ1) is 7.72. The lowest BCUT2D eigenvalue weighted by Gasteiger charge is -2.11. The van der Waals surface area contributed by atoms with Crippen molar-refractivity contribution in [2.75, 3.05) is 0 Å². The highest BCUT2D eigenvalue weighted by molar-refractivity contribution is 7.82. The van der Waals surface area contributed by atoms with Crippen molar-refractivity contribution >= 4 is 34.2 Å². The molecule has 0 saturated heterocycles. The van der Waals surface area contributed by atoms with E-state index in [1.165, 1.54) is 29.5 Å². The summed E-state index contributed by atoms with van der Waals surface area (Å²) >= 11 is 6.00. The Kier molecular flexibility index (Phi) is 3.87. The first kappa shape index (κ1) is 11.9. The fraction of sp³-hybridized carbons (Fsp3) is 0.462. The average molecular weight is 251 g/mol. The maximum Gasteiger partial charge on any atom is 0.148 e. The minimum Gasteiger partial charge on any atom is -0.230 e. The zero-order chi connectivity index (χ0) is 11.5. The molecule has 0 bridgehead atoms. The summed E-state index contributed by atoms with van der Waals surface area (Å²) in [6.07, 6.45) is 3.79. The Morgan fingerprint density at radius 1 is 1.44 bits per heavy atom. The minimum absolute atomic E-state index is 0.596. The van der Waals surface area contributed by atoms with Gasteiger partial charge < -0.3 is 0 Å². The van der Waals surface area contributed by atoms with Gasteiger partial charge in [-0.1, -0.05) is 38.8 Å². The van der Waals surface area contributed by atoms with Gasteiger partial charge in [-0.2, -0.15) is 0 Å². The van der Waals surface area contributed by atoms with Crippen LogP contribution in [0, 0.1) is 0 Å². The van der Waals surface area contributed by atoms with E-state index >= 15 is 0 Å². The van der Waals surface area contributed by atoms with Crippen LogP contribution in [0.25, 0.3) is 10.2 Å². The Morgan fingerprint density at radius 2 is 2.25 bits per heavy atom. The van der Waals surface area contributed by atoms with Crippen molar-refractivity contribution in [1.82, 2.24) is 4.98 Å². The van der Waals surface area contributed by atoms with Gasteiger partial charge in [0.25, 0.3) is 0 Å². The summed E-state index contributed by atoms with van der Waals surface area (Å²) in [5, 5.41) is 0. The summed E-state index contributed by atoms with van der Waals surface area (Å²) in [4.78, 5) is 4.52. The molecule has 1 unspecified atom stereocenters.